The van der Waals surface area contributed by atoms with E-state index in [1.165, 1.54) is 16.8 Å². The lowest BCUT2D eigenvalue weighted by Crippen LogP contribution is -2.44. The number of fused-ring (bicyclic) bond motifs is 2. The van der Waals surface area contributed by atoms with E-state index in [1.807, 2.05) is 6.07 Å². The normalized spacial score (nSPS) is 22.4. The minimum absolute atomic E-state index is 0.0506. The van der Waals surface area contributed by atoms with Crippen molar-refractivity contribution in [1.29, 1.82) is 0 Å². The number of rotatable bonds is 1. The molecule has 0 N–H and O–H groups in total. The van der Waals surface area contributed by atoms with Crippen molar-refractivity contribution in [2.24, 2.45) is 0 Å². The second-order valence-corrected chi connectivity index (χ2v) is 10.3. The molecule has 2 aromatic rings. The molecule has 1 aromatic heterocycles. The van der Waals surface area contributed by atoms with Crippen LogP contribution in [0.2, 0.25) is 0 Å². The van der Waals surface area contributed by atoms with Crippen molar-refractivity contribution in [2.75, 3.05) is 18.0 Å². The van der Waals surface area contributed by atoms with Gasteiger partial charge in [0.1, 0.15) is 5.58 Å². The molecule has 3 aliphatic rings. The molecule has 0 bridgehead atoms. The van der Waals surface area contributed by atoms with Gasteiger partial charge in [-0.3, -0.25) is 4.79 Å². The van der Waals surface area contributed by atoms with Crippen molar-refractivity contribution in [2.45, 2.75) is 70.6 Å². The maximum Gasteiger partial charge on any atom is 0.343 e. The fourth-order valence-electron chi connectivity index (χ4n) is 5.38. The van der Waals surface area contributed by atoms with Crippen molar-refractivity contribution in [3.8, 4) is 0 Å². The summed E-state index contributed by atoms with van der Waals surface area (Å²) in [6.07, 6.45) is 5.92. The van der Waals surface area contributed by atoms with E-state index in [1.54, 1.807) is 6.08 Å². The van der Waals surface area contributed by atoms with Gasteiger partial charge in [0.2, 0.25) is 0 Å². The fourth-order valence-corrected chi connectivity index (χ4v) is 5.38. The van der Waals surface area contributed by atoms with Gasteiger partial charge in [-0.05, 0) is 65.9 Å². The minimum Gasteiger partial charge on any atom is -0.422 e. The third kappa shape index (κ3) is 2.79. The van der Waals surface area contributed by atoms with Gasteiger partial charge in [0.05, 0.1) is 5.56 Å². The zero-order chi connectivity index (χ0) is 20.6. The molecule has 1 aromatic carbocycles. The molecule has 0 saturated carbocycles. The zero-order valence-corrected chi connectivity index (χ0v) is 17.9. The number of carbonyl (C=O) groups is 1. The van der Waals surface area contributed by atoms with E-state index in [4.69, 9.17) is 4.42 Å². The first kappa shape index (κ1) is 18.7. The maximum atomic E-state index is 13.0. The highest BCUT2D eigenvalue weighted by Crippen LogP contribution is 2.51. The van der Waals surface area contributed by atoms with Crippen molar-refractivity contribution in [1.82, 2.24) is 0 Å². The van der Waals surface area contributed by atoms with E-state index in [0.29, 0.717) is 12.0 Å². The minimum atomic E-state index is -0.322. The molecule has 4 nitrogen and oxygen atoms in total. The Labute approximate surface area is 171 Å². The van der Waals surface area contributed by atoms with Crippen LogP contribution < -0.4 is 10.5 Å². The average Bonchev–Trinajstić information content (AvgIpc) is 2.65. The van der Waals surface area contributed by atoms with Gasteiger partial charge in [0, 0.05) is 36.1 Å². The van der Waals surface area contributed by atoms with Crippen LogP contribution in [-0.4, -0.2) is 18.9 Å². The van der Waals surface area contributed by atoms with Gasteiger partial charge in [-0.15, -0.1) is 0 Å². The Bertz CT molecular complexity index is 1130. The molecule has 2 aliphatic heterocycles. The van der Waals surface area contributed by atoms with Crippen LogP contribution in [0.5, 0.6) is 0 Å². The second-order valence-electron chi connectivity index (χ2n) is 10.3. The molecule has 0 unspecified atom stereocenters. The number of allylic oxidation sites excluding steroid dienone is 2. The molecule has 152 valence electrons. The van der Waals surface area contributed by atoms with E-state index in [-0.39, 0.29) is 22.2 Å². The highest BCUT2D eigenvalue weighted by Gasteiger charge is 2.42. The lowest BCUT2D eigenvalue weighted by molar-refractivity contribution is -0.114. The molecular formula is C25H29NO3. The van der Waals surface area contributed by atoms with Crippen molar-refractivity contribution in [3.63, 3.8) is 0 Å². The largest absolute Gasteiger partial charge is 0.422 e. The third-order valence-corrected chi connectivity index (χ3v) is 7.28. The molecule has 1 aliphatic carbocycles. The van der Waals surface area contributed by atoms with Gasteiger partial charge in [-0.1, -0.05) is 27.7 Å². The zero-order valence-electron chi connectivity index (χ0n) is 17.9. The third-order valence-electron chi connectivity index (χ3n) is 7.28. The topological polar surface area (TPSA) is 50.5 Å². The summed E-state index contributed by atoms with van der Waals surface area (Å²) in [6.45, 7) is 11.2. The molecule has 0 fully saturated rings. The summed E-state index contributed by atoms with van der Waals surface area (Å²) >= 11 is 0. The molecule has 3 heterocycles. The highest BCUT2D eigenvalue weighted by molar-refractivity contribution is 5.99. The number of anilines is 1. The van der Waals surface area contributed by atoms with Gasteiger partial charge in [0.25, 0.3) is 0 Å². The summed E-state index contributed by atoms with van der Waals surface area (Å²) in [5.41, 5.74) is 5.64. The summed E-state index contributed by atoms with van der Waals surface area (Å²) in [7, 11) is 0. The van der Waals surface area contributed by atoms with E-state index >= 15 is 0 Å². The molecule has 0 spiro atoms. The molecule has 29 heavy (non-hydrogen) atoms. The molecule has 4 heteroatoms. The smallest absolute Gasteiger partial charge is 0.343 e. The second kappa shape index (κ2) is 6.07. The molecule has 0 amide bonds. The fraction of sp³-hybridized carbons (Fsp3) is 0.520. The Hall–Kier alpha value is -2.36. The standard InChI is InChI=1S/C25H29NO3/c1-24(2)8-10-26-11-9-25(3,4)20-21(26)19(24)14-16-13-18(23(28)29-22(16)20)15-6-5-7-17(27)12-15/h12-14H,5-11H2,1-4H3. The molecular weight excluding hydrogens is 362 g/mol. The predicted molar refractivity (Wildman–Crippen MR) is 117 cm³/mol. The first-order chi connectivity index (χ1) is 13.7. The number of hydrogen-bond donors (Lipinski definition) is 0. The van der Waals surface area contributed by atoms with E-state index < -0.39 is 0 Å². The van der Waals surface area contributed by atoms with Gasteiger partial charge >= 0.3 is 5.63 Å². The SMILES string of the molecule is CC1(C)CCN2CCC(C)(C)c3c2c1cc1cc(C2=CC(=O)CCC2)c(=O)oc31. The van der Waals surface area contributed by atoms with Crippen molar-refractivity contribution < 1.29 is 9.21 Å². The van der Waals surface area contributed by atoms with E-state index in [2.05, 4.69) is 38.7 Å². The number of carbonyl (C=O) groups excluding carboxylic acids is 1. The number of ketones is 1. The first-order valence-corrected chi connectivity index (χ1v) is 10.8. The molecule has 5 rings (SSSR count). The molecule has 0 saturated heterocycles. The predicted octanol–water partition coefficient (Wildman–Crippen LogP) is 5.10. The van der Waals surface area contributed by atoms with Crippen LogP contribution in [0.1, 0.15) is 76.5 Å². The Morgan fingerprint density at radius 3 is 2.41 bits per heavy atom. The van der Waals surface area contributed by atoms with Crippen LogP contribution >= 0.6 is 0 Å². The summed E-state index contributed by atoms with van der Waals surface area (Å²) in [5.74, 6) is 0.101. The first-order valence-electron chi connectivity index (χ1n) is 10.8. The van der Waals surface area contributed by atoms with Crippen LogP contribution in [-0.2, 0) is 15.6 Å². The Morgan fingerprint density at radius 1 is 0.966 bits per heavy atom. The van der Waals surface area contributed by atoms with E-state index in [0.717, 1.165) is 55.3 Å². The van der Waals surface area contributed by atoms with Gasteiger partial charge in [-0.2, -0.15) is 0 Å². The summed E-state index contributed by atoms with van der Waals surface area (Å²) in [4.78, 5) is 27.4. The average molecular weight is 392 g/mol. The maximum absolute atomic E-state index is 13.0. The van der Waals surface area contributed by atoms with Crippen LogP contribution in [0.25, 0.3) is 16.5 Å². The lowest BCUT2D eigenvalue weighted by Gasteiger charge is -2.48. The number of benzene rings is 1. The highest BCUT2D eigenvalue weighted by atomic mass is 16.4. The Morgan fingerprint density at radius 2 is 1.69 bits per heavy atom. The van der Waals surface area contributed by atoms with Crippen LogP contribution in [0.15, 0.2) is 27.4 Å². The van der Waals surface area contributed by atoms with E-state index in [9.17, 15) is 9.59 Å². The monoisotopic (exact) mass is 391 g/mol. The summed E-state index contributed by atoms with van der Waals surface area (Å²) in [6, 6.07) is 4.21. The van der Waals surface area contributed by atoms with Crippen LogP contribution in [0.4, 0.5) is 5.69 Å². The van der Waals surface area contributed by atoms with Gasteiger partial charge < -0.3 is 9.32 Å². The van der Waals surface area contributed by atoms with Gasteiger partial charge in [0.15, 0.2) is 5.78 Å². The number of hydrogen-bond acceptors (Lipinski definition) is 4. The quantitative estimate of drug-likeness (QED) is 0.635. The Balaban J connectivity index is 1.84. The van der Waals surface area contributed by atoms with Gasteiger partial charge in [-0.25, -0.2) is 4.79 Å². The Kier molecular flexibility index (Phi) is 3.90. The van der Waals surface area contributed by atoms with Crippen LogP contribution in [0, 0.1) is 0 Å². The summed E-state index contributed by atoms with van der Waals surface area (Å²) < 4.78 is 6.02. The number of nitrogens with zero attached hydrogens (tertiary/aromatic N) is 1. The lowest BCUT2D eigenvalue weighted by atomic mass is 9.69. The molecule has 0 atom stereocenters. The van der Waals surface area contributed by atoms with Crippen LogP contribution in [0.3, 0.4) is 0 Å². The van der Waals surface area contributed by atoms with Crippen molar-refractivity contribution >= 4 is 28.0 Å². The van der Waals surface area contributed by atoms with Crippen molar-refractivity contribution in [3.05, 3.63) is 45.3 Å². The summed E-state index contributed by atoms with van der Waals surface area (Å²) in [5, 5.41) is 0.983. The molecule has 0 radical (unpaired) electrons.